The number of rotatable bonds is 15. The quantitative estimate of drug-likeness (QED) is 0.0882. The van der Waals surface area contributed by atoms with E-state index in [4.69, 9.17) is 43.4 Å². The molecule has 0 bridgehead atoms. The molecule has 5 unspecified atom stereocenters. The SMILES string of the molecule is CC(=O)C(SSCC(N)C(=O)O)C(N)C(=O)O.NC(CSSCC(N)C(=O)O)C(=O)O. The van der Waals surface area contributed by atoms with Crippen LogP contribution in [0.15, 0.2) is 0 Å². The summed E-state index contributed by atoms with van der Waals surface area (Å²) in [6.07, 6.45) is 0. The molecule has 180 valence electrons. The summed E-state index contributed by atoms with van der Waals surface area (Å²) in [7, 11) is 4.35. The van der Waals surface area contributed by atoms with Crippen molar-refractivity contribution in [2.75, 3.05) is 17.3 Å². The van der Waals surface area contributed by atoms with Crippen LogP contribution in [0.3, 0.4) is 0 Å². The lowest BCUT2D eigenvalue weighted by Gasteiger charge is -2.17. The summed E-state index contributed by atoms with van der Waals surface area (Å²) < 4.78 is 0. The average Bonchev–Trinajstić information content (AvgIpc) is 2.67. The van der Waals surface area contributed by atoms with Gasteiger partial charge in [-0.1, -0.05) is 43.2 Å². The first-order chi connectivity index (χ1) is 14.2. The summed E-state index contributed by atoms with van der Waals surface area (Å²) in [6.45, 7) is 1.23. The second-order valence-corrected chi connectivity index (χ2v) is 10.8. The minimum Gasteiger partial charge on any atom is -0.480 e. The van der Waals surface area contributed by atoms with E-state index < -0.39 is 53.3 Å². The lowest BCUT2D eigenvalue weighted by molar-refractivity contribution is -0.140. The molecule has 0 aromatic heterocycles. The summed E-state index contributed by atoms with van der Waals surface area (Å²) in [5.74, 6) is -4.42. The number of hydrogen-bond acceptors (Lipinski definition) is 13. The van der Waals surface area contributed by atoms with E-state index in [9.17, 15) is 24.0 Å². The molecule has 0 saturated carbocycles. The number of carbonyl (C=O) groups excluding carboxylic acids is 1. The third-order valence-electron chi connectivity index (χ3n) is 2.96. The highest BCUT2D eigenvalue weighted by Gasteiger charge is 2.29. The van der Waals surface area contributed by atoms with Crippen LogP contribution in [0.5, 0.6) is 0 Å². The normalized spacial score (nSPS) is 15.4. The monoisotopic (exact) mass is 522 g/mol. The van der Waals surface area contributed by atoms with E-state index in [0.717, 1.165) is 21.6 Å². The molecule has 0 amide bonds. The highest BCUT2D eigenvalue weighted by molar-refractivity contribution is 8.77. The van der Waals surface area contributed by atoms with Crippen LogP contribution in [-0.4, -0.2) is 96.8 Å². The molecule has 31 heavy (non-hydrogen) atoms. The standard InChI is InChI=1S/C8H14N2O5S2.C6H12N2O4S2/c1-3(11)6(5(10)8(14)15)17-16-2-4(9)7(12)13;7-3(5(9)10)1-13-14-2-4(8)6(11)12/h4-6H,2,9-10H2,1H3,(H,12,13)(H,14,15);3-4H,1-2,7-8H2,(H,9,10)(H,11,12). The molecule has 0 aliphatic heterocycles. The van der Waals surface area contributed by atoms with Gasteiger partial charge in [-0.25, -0.2) is 0 Å². The van der Waals surface area contributed by atoms with Gasteiger partial charge in [-0.05, 0) is 6.92 Å². The topological polar surface area (TPSA) is 270 Å². The predicted molar refractivity (Wildman–Crippen MR) is 122 cm³/mol. The molecule has 17 heteroatoms. The molecule has 12 N–H and O–H groups in total. The Bertz CT molecular complexity index is 607. The second-order valence-electron chi connectivity index (χ2n) is 5.68. The molecular weight excluding hydrogens is 496 g/mol. The zero-order chi connectivity index (χ0) is 24.7. The van der Waals surface area contributed by atoms with Gasteiger partial charge in [0.1, 0.15) is 30.0 Å². The van der Waals surface area contributed by atoms with E-state index in [0.29, 0.717) is 0 Å². The Morgan fingerprint density at radius 3 is 1.23 bits per heavy atom. The van der Waals surface area contributed by atoms with Crippen molar-refractivity contribution in [2.45, 2.75) is 36.3 Å². The number of nitrogens with two attached hydrogens (primary N) is 4. The fourth-order valence-corrected chi connectivity index (χ4v) is 6.15. The number of aliphatic carboxylic acids is 4. The number of carboxylic acid groups (broad SMARTS) is 4. The Kier molecular flexibility index (Phi) is 17.9. The summed E-state index contributed by atoms with van der Waals surface area (Å²) in [4.78, 5) is 52.8. The van der Waals surface area contributed by atoms with Gasteiger partial charge >= 0.3 is 23.9 Å². The second kappa shape index (κ2) is 17.4. The summed E-state index contributed by atoms with van der Waals surface area (Å²) in [6, 6.07) is -4.21. The van der Waals surface area contributed by atoms with Gasteiger partial charge in [0.2, 0.25) is 0 Å². The maximum absolute atomic E-state index is 11.2. The van der Waals surface area contributed by atoms with Crippen LogP contribution < -0.4 is 22.9 Å². The lowest BCUT2D eigenvalue weighted by atomic mass is 10.1. The Labute approximate surface area is 193 Å². The first kappa shape index (κ1) is 32.0. The van der Waals surface area contributed by atoms with E-state index in [-0.39, 0.29) is 23.0 Å². The van der Waals surface area contributed by atoms with Gasteiger partial charge in [-0.3, -0.25) is 24.0 Å². The Hall–Kier alpha value is -1.21. The minimum absolute atomic E-state index is 0.0656. The Balaban J connectivity index is 0. The average molecular weight is 523 g/mol. The predicted octanol–water partition coefficient (Wildman–Crippen LogP) is -1.66. The highest BCUT2D eigenvalue weighted by Crippen LogP contribution is 2.29. The maximum atomic E-state index is 11.2. The van der Waals surface area contributed by atoms with Gasteiger partial charge in [-0.15, -0.1) is 0 Å². The van der Waals surface area contributed by atoms with Crippen LogP contribution in [0.25, 0.3) is 0 Å². The summed E-state index contributed by atoms with van der Waals surface area (Å²) >= 11 is 0. The van der Waals surface area contributed by atoms with Gasteiger partial charge in [0.15, 0.2) is 0 Å². The first-order valence-electron chi connectivity index (χ1n) is 8.18. The zero-order valence-corrected chi connectivity index (χ0v) is 19.5. The van der Waals surface area contributed by atoms with Gasteiger partial charge < -0.3 is 43.4 Å². The highest BCUT2D eigenvalue weighted by atomic mass is 33.1. The number of carboxylic acids is 4. The van der Waals surface area contributed by atoms with Gasteiger partial charge in [-0.2, -0.15) is 0 Å². The van der Waals surface area contributed by atoms with Crippen molar-refractivity contribution in [2.24, 2.45) is 22.9 Å². The molecule has 0 rings (SSSR count). The van der Waals surface area contributed by atoms with Crippen molar-refractivity contribution in [3.63, 3.8) is 0 Å². The van der Waals surface area contributed by atoms with Crippen LogP contribution in [0, 0.1) is 0 Å². The molecule has 0 aliphatic rings. The number of hydrogen-bond donors (Lipinski definition) is 8. The molecule has 0 saturated heterocycles. The van der Waals surface area contributed by atoms with Crippen molar-refractivity contribution < 1.29 is 44.4 Å². The van der Waals surface area contributed by atoms with Crippen LogP contribution in [-0.2, 0) is 24.0 Å². The summed E-state index contributed by atoms with van der Waals surface area (Å²) in [5.41, 5.74) is 21.0. The molecular formula is C14H26N4O9S4. The molecule has 0 aliphatic carbocycles. The third-order valence-corrected chi connectivity index (χ3v) is 8.34. The molecule has 0 aromatic rings. The van der Waals surface area contributed by atoms with Gasteiger partial charge in [0.05, 0.1) is 5.25 Å². The van der Waals surface area contributed by atoms with Crippen molar-refractivity contribution in [1.82, 2.24) is 0 Å². The third kappa shape index (κ3) is 16.1. The van der Waals surface area contributed by atoms with Gasteiger partial charge in [0, 0.05) is 17.3 Å². The summed E-state index contributed by atoms with van der Waals surface area (Å²) in [5, 5.41) is 33.1. The van der Waals surface area contributed by atoms with Crippen LogP contribution in [0.4, 0.5) is 0 Å². The van der Waals surface area contributed by atoms with Crippen molar-refractivity contribution in [3.8, 4) is 0 Å². The van der Waals surface area contributed by atoms with E-state index in [1.54, 1.807) is 0 Å². The van der Waals surface area contributed by atoms with Crippen molar-refractivity contribution >= 4 is 72.8 Å². The van der Waals surface area contributed by atoms with E-state index in [2.05, 4.69) is 0 Å². The fourth-order valence-electron chi connectivity index (χ4n) is 1.15. The largest absolute Gasteiger partial charge is 0.480 e. The van der Waals surface area contributed by atoms with Crippen molar-refractivity contribution in [1.29, 1.82) is 0 Å². The van der Waals surface area contributed by atoms with Crippen LogP contribution >= 0.6 is 43.2 Å². The number of ketones is 1. The molecule has 0 radical (unpaired) electrons. The molecule has 13 nitrogen and oxygen atoms in total. The van der Waals surface area contributed by atoms with E-state index in [1.807, 2.05) is 0 Å². The molecule has 0 heterocycles. The van der Waals surface area contributed by atoms with Crippen molar-refractivity contribution in [3.05, 3.63) is 0 Å². The lowest BCUT2D eigenvalue weighted by Crippen LogP contribution is -2.43. The Morgan fingerprint density at radius 1 is 0.645 bits per heavy atom. The van der Waals surface area contributed by atoms with Gasteiger partial charge in [0.25, 0.3) is 0 Å². The first-order valence-corrected chi connectivity index (χ1v) is 13.1. The van der Waals surface area contributed by atoms with Crippen LogP contribution in [0.1, 0.15) is 6.92 Å². The fraction of sp³-hybridized carbons (Fsp3) is 0.643. The smallest absolute Gasteiger partial charge is 0.322 e. The molecule has 0 spiro atoms. The Morgan fingerprint density at radius 2 is 0.968 bits per heavy atom. The van der Waals surface area contributed by atoms with E-state index >= 15 is 0 Å². The number of Topliss-reactive ketones (excluding diaryl/α,β-unsaturated/α-hetero) is 1. The number of carbonyl (C=O) groups is 5. The minimum atomic E-state index is -1.31. The molecule has 0 aromatic carbocycles. The zero-order valence-electron chi connectivity index (χ0n) is 16.3. The van der Waals surface area contributed by atoms with E-state index in [1.165, 1.54) is 28.5 Å². The maximum Gasteiger partial charge on any atom is 0.322 e. The molecule has 5 atom stereocenters. The van der Waals surface area contributed by atoms with Crippen LogP contribution in [0.2, 0.25) is 0 Å². The molecule has 0 fully saturated rings.